The van der Waals surface area contributed by atoms with Crippen LogP contribution >= 0.6 is 11.8 Å². The largest absolute Gasteiger partial charge is 0.399 e. The van der Waals surface area contributed by atoms with Crippen LogP contribution in [0.1, 0.15) is 11.1 Å². The van der Waals surface area contributed by atoms with Gasteiger partial charge in [0, 0.05) is 24.5 Å². The molecule has 0 atom stereocenters. The third-order valence-electron chi connectivity index (χ3n) is 2.61. The van der Waals surface area contributed by atoms with Crippen molar-refractivity contribution >= 4 is 17.4 Å². The summed E-state index contributed by atoms with van der Waals surface area (Å²) in [5, 5.41) is 0. The summed E-state index contributed by atoms with van der Waals surface area (Å²) in [5.74, 6) is 1.18. The standard InChI is InChI=1S/C12H20N2S/c1-10-11(5-4-6-12(10)13)9-14(2)7-8-15-3/h4-6H,7-9,13H2,1-3H3. The predicted molar refractivity (Wildman–Crippen MR) is 70.3 cm³/mol. The van der Waals surface area contributed by atoms with Crippen molar-refractivity contribution in [3.63, 3.8) is 0 Å². The predicted octanol–water partition coefficient (Wildman–Crippen LogP) is 2.37. The minimum atomic E-state index is 0.894. The molecule has 0 heterocycles. The molecule has 0 spiro atoms. The first-order chi connectivity index (χ1) is 7.15. The lowest BCUT2D eigenvalue weighted by atomic mass is 10.1. The molecule has 2 N–H and O–H groups in total. The van der Waals surface area contributed by atoms with Gasteiger partial charge in [0.05, 0.1) is 0 Å². The highest BCUT2D eigenvalue weighted by atomic mass is 32.2. The fourth-order valence-corrected chi connectivity index (χ4v) is 1.99. The first-order valence-electron chi connectivity index (χ1n) is 5.16. The smallest absolute Gasteiger partial charge is 0.0346 e. The highest BCUT2D eigenvalue weighted by molar-refractivity contribution is 7.98. The highest BCUT2D eigenvalue weighted by Gasteiger charge is 2.04. The first kappa shape index (κ1) is 12.4. The number of benzene rings is 1. The van der Waals surface area contributed by atoms with Crippen LogP contribution in [0.5, 0.6) is 0 Å². The average molecular weight is 224 g/mol. The van der Waals surface area contributed by atoms with Gasteiger partial charge in [0.1, 0.15) is 0 Å². The summed E-state index contributed by atoms with van der Waals surface area (Å²) < 4.78 is 0. The van der Waals surface area contributed by atoms with Crippen LogP contribution in [0.15, 0.2) is 18.2 Å². The molecule has 0 aromatic heterocycles. The summed E-state index contributed by atoms with van der Waals surface area (Å²) in [6.45, 7) is 4.19. The molecule has 0 bridgehead atoms. The molecular formula is C12H20N2S. The molecular weight excluding hydrogens is 204 g/mol. The zero-order chi connectivity index (χ0) is 11.3. The van der Waals surface area contributed by atoms with Gasteiger partial charge in [-0.05, 0) is 37.4 Å². The molecule has 0 radical (unpaired) electrons. The van der Waals surface area contributed by atoms with E-state index in [1.54, 1.807) is 0 Å². The Bertz CT molecular complexity index is 312. The van der Waals surface area contributed by atoms with Crippen molar-refractivity contribution in [2.24, 2.45) is 0 Å². The zero-order valence-corrected chi connectivity index (χ0v) is 10.6. The molecule has 0 saturated heterocycles. The molecule has 15 heavy (non-hydrogen) atoms. The molecule has 1 rings (SSSR count). The average Bonchev–Trinajstić information content (AvgIpc) is 2.22. The maximum Gasteiger partial charge on any atom is 0.0346 e. The summed E-state index contributed by atoms with van der Waals surface area (Å²) in [6, 6.07) is 6.14. The van der Waals surface area contributed by atoms with Crippen molar-refractivity contribution in [1.82, 2.24) is 4.90 Å². The monoisotopic (exact) mass is 224 g/mol. The van der Waals surface area contributed by atoms with Gasteiger partial charge in [-0.1, -0.05) is 12.1 Å². The number of nitrogens with two attached hydrogens (primary N) is 1. The molecule has 0 unspecified atom stereocenters. The number of nitrogens with zero attached hydrogens (tertiary/aromatic N) is 1. The topological polar surface area (TPSA) is 29.3 Å². The van der Waals surface area contributed by atoms with Crippen LogP contribution in [-0.4, -0.2) is 30.5 Å². The second-order valence-corrected chi connectivity index (χ2v) is 4.85. The minimum Gasteiger partial charge on any atom is -0.399 e. The van der Waals surface area contributed by atoms with Crippen molar-refractivity contribution in [3.8, 4) is 0 Å². The van der Waals surface area contributed by atoms with Gasteiger partial charge in [-0.25, -0.2) is 0 Å². The molecule has 1 aromatic rings. The van der Waals surface area contributed by atoms with E-state index in [2.05, 4.69) is 31.2 Å². The summed E-state index contributed by atoms with van der Waals surface area (Å²) >= 11 is 1.88. The fraction of sp³-hybridized carbons (Fsp3) is 0.500. The summed E-state index contributed by atoms with van der Waals surface area (Å²) in [5.41, 5.74) is 9.32. The van der Waals surface area contributed by atoms with Crippen LogP contribution in [0.4, 0.5) is 5.69 Å². The van der Waals surface area contributed by atoms with Gasteiger partial charge < -0.3 is 10.6 Å². The second kappa shape index (κ2) is 6.03. The number of thioether (sulfide) groups is 1. The van der Waals surface area contributed by atoms with E-state index < -0.39 is 0 Å². The number of hydrogen-bond donors (Lipinski definition) is 1. The molecule has 0 aliphatic heterocycles. The number of nitrogen functional groups attached to an aromatic ring is 1. The highest BCUT2D eigenvalue weighted by Crippen LogP contribution is 2.16. The Balaban J connectivity index is 2.60. The minimum absolute atomic E-state index is 0.894. The third kappa shape index (κ3) is 3.76. The maximum absolute atomic E-state index is 5.87. The Labute approximate surface area is 96.8 Å². The molecule has 0 fully saturated rings. The Morgan fingerprint density at radius 2 is 2.13 bits per heavy atom. The Morgan fingerprint density at radius 1 is 1.40 bits per heavy atom. The van der Waals surface area contributed by atoms with E-state index in [1.807, 2.05) is 23.9 Å². The normalized spacial score (nSPS) is 10.9. The van der Waals surface area contributed by atoms with E-state index in [1.165, 1.54) is 16.9 Å². The summed E-state index contributed by atoms with van der Waals surface area (Å²) in [7, 11) is 2.15. The molecule has 0 aliphatic carbocycles. The van der Waals surface area contributed by atoms with Crippen molar-refractivity contribution in [2.45, 2.75) is 13.5 Å². The van der Waals surface area contributed by atoms with Crippen molar-refractivity contribution < 1.29 is 0 Å². The second-order valence-electron chi connectivity index (χ2n) is 3.86. The molecule has 0 saturated carbocycles. The molecule has 0 amide bonds. The first-order valence-corrected chi connectivity index (χ1v) is 6.56. The van der Waals surface area contributed by atoms with Gasteiger partial charge in [-0.2, -0.15) is 11.8 Å². The number of rotatable bonds is 5. The van der Waals surface area contributed by atoms with E-state index in [0.29, 0.717) is 0 Å². The lowest BCUT2D eigenvalue weighted by molar-refractivity contribution is 0.348. The van der Waals surface area contributed by atoms with Gasteiger partial charge in [0.25, 0.3) is 0 Å². The van der Waals surface area contributed by atoms with Crippen molar-refractivity contribution in [2.75, 3.05) is 31.3 Å². The van der Waals surface area contributed by atoms with Gasteiger partial charge in [0.15, 0.2) is 0 Å². The van der Waals surface area contributed by atoms with Crippen LogP contribution in [0, 0.1) is 6.92 Å². The van der Waals surface area contributed by atoms with E-state index in [9.17, 15) is 0 Å². The van der Waals surface area contributed by atoms with Crippen LogP contribution < -0.4 is 5.73 Å². The van der Waals surface area contributed by atoms with Crippen LogP contribution in [0.2, 0.25) is 0 Å². The quantitative estimate of drug-likeness (QED) is 0.779. The molecule has 0 aliphatic rings. The molecule has 2 nitrogen and oxygen atoms in total. The van der Waals surface area contributed by atoms with Gasteiger partial charge in [-0.15, -0.1) is 0 Å². The Morgan fingerprint density at radius 3 is 2.80 bits per heavy atom. The van der Waals surface area contributed by atoms with Crippen molar-refractivity contribution in [3.05, 3.63) is 29.3 Å². The Kier molecular flexibility index (Phi) is 4.99. The molecule has 3 heteroatoms. The maximum atomic E-state index is 5.87. The number of anilines is 1. The van der Waals surface area contributed by atoms with Gasteiger partial charge >= 0.3 is 0 Å². The third-order valence-corrected chi connectivity index (χ3v) is 3.20. The molecule has 1 aromatic carbocycles. The van der Waals surface area contributed by atoms with Gasteiger partial charge in [-0.3, -0.25) is 0 Å². The lowest BCUT2D eigenvalue weighted by Gasteiger charge is -2.18. The van der Waals surface area contributed by atoms with Crippen molar-refractivity contribution in [1.29, 1.82) is 0 Å². The van der Waals surface area contributed by atoms with Crippen LogP contribution in [0.25, 0.3) is 0 Å². The lowest BCUT2D eigenvalue weighted by Crippen LogP contribution is -2.21. The van der Waals surface area contributed by atoms with Gasteiger partial charge in [0.2, 0.25) is 0 Å². The van der Waals surface area contributed by atoms with E-state index in [0.717, 1.165) is 18.8 Å². The Hall–Kier alpha value is -0.670. The van der Waals surface area contributed by atoms with E-state index in [4.69, 9.17) is 5.73 Å². The SMILES string of the molecule is CSCCN(C)Cc1cccc(N)c1C. The van der Waals surface area contributed by atoms with E-state index >= 15 is 0 Å². The van der Waals surface area contributed by atoms with E-state index in [-0.39, 0.29) is 0 Å². The van der Waals surface area contributed by atoms with Crippen LogP contribution in [-0.2, 0) is 6.54 Å². The summed E-state index contributed by atoms with van der Waals surface area (Å²) in [6.07, 6.45) is 2.14. The number of hydrogen-bond acceptors (Lipinski definition) is 3. The van der Waals surface area contributed by atoms with Crippen LogP contribution in [0.3, 0.4) is 0 Å². The fourth-order valence-electron chi connectivity index (χ4n) is 1.49. The molecule has 84 valence electrons. The zero-order valence-electron chi connectivity index (χ0n) is 9.79. The summed E-state index contributed by atoms with van der Waals surface area (Å²) in [4.78, 5) is 2.33.